The van der Waals surface area contributed by atoms with Gasteiger partial charge in [-0.15, -0.1) is 0 Å². The first kappa shape index (κ1) is 13.5. The molecule has 4 nitrogen and oxygen atoms in total. The second-order valence-corrected chi connectivity index (χ2v) is 6.04. The molecule has 112 valence electrons. The molecule has 1 heterocycles. The van der Waals surface area contributed by atoms with Crippen molar-refractivity contribution in [3.05, 3.63) is 47.5 Å². The lowest BCUT2D eigenvalue weighted by molar-refractivity contribution is -0.120. The largest absolute Gasteiger partial charge is 0.304 e. The summed E-state index contributed by atoms with van der Waals surface area (Å²) >= 11 is 0. The molecule has 2 aromatic rings. The maximum absolute atomic E-state index is 12.7. The molecule has 4 rings (SSSR count). The maximum atomic E-state index is 12.7. The molecule has 0 spiro atoms. The number of hydrogen-bond donors (Lipinski definition) is 1. The summed E-state index contributed by atoms with van der Waals surface area (Å²) in [6, 6.07) is 12.4. The van der Waals surface area contributed by atoms with Crippen LogP contribution in [0.5, 0.6) is 0 Å². The van der Waals surface area contributed by atoms with Crippen molar-refractivity contribution in [3.63, 3.8) is 0 Å². The van der Waals surface area contributed by atoms with Crippen LogP contribution in [0.2, 0.25) is 0 Å². The highest BCUT2D eigenvalue weighted by Gasteiger charge is 2.23. The normalized spacial score (nSPS) is 18.5. The van der Waals surface area contributed by atoms with Gasteiger partial charge in [-0.05, 0) is 35.0 Å². The Hall–Kier alpha value is -2.17. The number of likely N-dealkylation sites (N-methyl/N-ethyl adjacent to an activating group) is 1. The van der Waals surface area contributed by atoms with E-state index in [0.717, 1.165) is 42.9 Å². The van der Waals surface area contributed by atoms with Crippen LogP contribution in [0.3, 0.4) is 0 Å². The quantitative estimate of drug-likeness (QED) is 0.919. The molecule has 2 aromatic carbocycles. The third-order valence-corrected chi connectivity index (χ3v) is 4.53. The van der Waals surface area contributed by atoms with Gasteiger partial charge in [0.15, 0.2) is 0 Å². The zero-order chi connectivity index (χ0) is 15.1. The van der Waals surface area contributed by atoms with Crippen LogP contribution in [-0.2, 0) is 4.79 Å². The predicted molar refractivity (Wildman–Crippen MR) is 89.0 cm³/mol. The number of rotatable bonds is 2. The SMILES string of the molecule is CN1CCN(NC(=O)C2=Cc3cccc4cccc2c34)CC1. The topological polar surface area (TPSA) is 35.6 Å². The number of hydrogen-bond acceptors (Lipinski definition) is 3. The van der Waals surface area contributed by atoms with E-state index in [1.807, 2.05) is 29.3 Å². The highest BCUT2D eigenvalue weighted by Crippen LogP contribution is 2.36. The van der Waals surface area contributed by atoms with Gasteiger partial charge in [0, 0.05) is 31.8 Å². The van der Waals surface area contributed by atoms with Gasteiger partial charge in [0.05, 0.1) is 0 Å². The lowest BCUT2D eigenvalue weighted by Gasteiger charge is -2.32. The highest BCUT2D eigenvalue weighted by molar-refractivity contribution is 6.31. The zero-order valence-electron chi connectivity index (χ0n) is 12.7. The Morgan fingerprint density at radius 1 is 1.05 bits per heavy atom. The summed E-state index contributed by atoms with van der Waals surface area (Å²) in [5, 5.41) is 4.40. The summed E-state index contributed by atoms with van der Waals surface area (Å²) in [5.41, 5.74) is 6.00. The van der Waals surface area contributed by atoms with E-state index < -0.39 is 0 Å². The zero-order valence-corrected chi connectivity index (χ0v) is 12.7. The average Bonchev–Trinajstić information content (AvgIpc) is 2.91. The first-order valence-corrected chi connectivity index (χ1v) is 7.71. The number of benzene rings is 2. The Kier molecular flexibility index (Phi) is 3.21. The van der Waals surface area contributed by atoms with Crippen LogP contribution in [0.15, 0.2) is 36.4 Å². The Labute approximate surface area is 130 Å². The summed E-state index contributed by atoms with van der Waals surface area (Å²) in [5.74, 6) is -0.00625. The van der Waals surface area contributed by atoms with Crippen LogP contribution >= 0.6 is 0 Å². The van der Waals surface area contributed by atoms with Gasteiger partial charge in [-0.1, -0.05) is 36.4 Å². The third kappa shape index (κ3) is 2.21. The van der Waals surface area contributed by atoms with Gasteiger partial charge < -0.3 is 4.90 Å². The summed E-state index contributed by atoms with van der Waals surface area (Å²) in [6.45, 7) is 3.70. The molecule has 0 unspecified atom stereocenters. The molecule has 1 fully saturated rings. The van der Waals surface area contributed by atoms with Crippen molar-refractivity contribution in [2.24, 2.45) is 0 Å². The fourth-order valence-corrected chi connectivity index (χ4v) is 3.26. The van der Waals surface area contributed by atoms with E-state index in [1.54, 1.807) is 0 Å². The predicted octanol–water partition coefficient (Wildman–Crippen LogP) is 1.97. The Morgan fingerprint density at radius 2 is 1.77 bits per heavy atom. The van der Waals surface area contributed by atoms with Crippen molar-refractivity contribution < 1.29 is 4.79 Å². The van der Waals surface area contributed by atoms with Gasteiger partial charge in [0.1, 0.15) is 0 Å². The van der Waals surface area contributed by atoms with Gasteiger partial charge in [-0.3, -0.25) is 10.2 Å². The monoisotopic (exact) mass is 293 g/mol. The van der Waals surface area contributed by atoms with Crippen molar-refractivity contribution in [3.8, 4) is 0 Å². The van der Waals surface area contributed by atoms with Gasteiger partial charge in [-0.2, -0.15) is 0 Å². The van der Waals surface area contributed by atoms with E-state index in [9.17, 15) is 4.79 Å². The van der Waals surface area contributed by atoms with Crippen molar-refractivity contribution in [1.29, 1.82) is 0 Å². The number of carbonyl (C=O) groups excluding carboxylic acids is 1. The van der Waals surface area contributed by atoms with Crippen LogP contribution in [0, 0.1) is 0 Å². The molecular weight excluding hydrogens is 274 g/mol. The summed E-state index contributed by atoms with van der Waals surface area (Å²) < 4.78 is 0. The number of carbonyl (C=O) groups is 1. The van der Waals surface area contributed by atoms with Crippen LogP contribution in [-0.4, -0.2) is 49.0 Å². The summed E-state index contributed by atoms with van der Waals surface area (Å²) in [6.07, 6.45) is 2.00. The first-order valence-electron chi connectivity index (χ1n) is 7.71. The lowest BCUT2D eigenvalue weighted by Crippen LogP contribution is -2.52. The Morgan fingerprint density at radius 3 is 2.55 bits per heavy atom. The molecule has 0 saturated carbocycles. The van der Waals surface area contributed by atoms with Gasteiger partial charge in [0.2, 0.25) is 0 Å². The minimum Gasteiger partial charge on any atom is -0.304 e. The molecule has 0 radical (unpaired) electrons. The molecule has 0 aromatic heterocycles. The molecule has 1 N–H and O–H groups in total. The van der Waals surface area contributed by atoms with E-state index in [4.69, 9.17) is 0 Å². The van der Waals surface area contributed by atoms with Crippen LogP contribution in [0.1, 0.15) is 11.1 Å². The number of piperazine rings is 1. The fourth-order valence-electron chi connectivity index (χ4n) is 3.26. The smallest absolute Gasteiger partial charge is 0.266 e. The van der Waals surface area contributed by atoms with E-state index in [-0.39, 0.29) is 5.91 Å². The minimum absolute atomic E-state index is 0.00625. The van der Waals surface area contributed by atoms with E-state index in [2.05, 4.69) is 35.6 Å². The van der Waals surface area contributed by atoms with Crippen molar-refractivity contribution in [2.75, 3.05) is 33.2 Å². The van der Waals surface area contributed by atoms with Crippen LogP contribution in [0.25, 0.3) is 22.4 Å². The molecule has 1 aliphatic heterocycles. The van der Waals surface area contributed by atoms with Gasteiger partial charge in [0.25, 0.3) is 5.91 Å². The van der Waals surface area contributed by atoms with Gasteiger partial charge in [-0.25, -0.2) is 5.01 Å². The van der Waals surface area contributed by atoms with E-state index in [0.29, 0.717) is 0 Å². The van der Waals surface area contributed by atoms with Crippen LogP contribution in [0.4, 0.5) is 0 Å². The summed E-state index contributed by atoms with van der Waals surface area (Å²) in [7, 11) is 2.11. The fraction of sp³-hybridized carbons (Fsp3) is 0.278. The second kappa shape index (κ2) is 5.23. The van der Waals surface area contributed by atoms with E-state index >= 15 is 0 Å². The average molecular weight is 293 g/mol. The number of amides is 1. The molecule has 0 atom stereocenters. The molecule has 1 aliphatic carbocycles. The Bertz CT molecular complexity index is 768. The van der Waals surface area contributed by atoms with Crippen molar-refractivity contribution >= 4 is 28.3 Å². The number of hydrazine groups is 1. The molecule has 2 aliphatic rings. The standard InChI is InChI=1S/C18H19N3O/c1-20-8-10-21(11-9-20)19-18(22)16-12-14-6-2-4-13-5-3-7-15(16)17(13)14/h2-7,12H,8-11H2,1H3,(H,19,22). The molecular formula is C18H19N3O. The lowest BCUT2D eigenvalue weighted by atomic mass is 10.0. The molecule has 0 bridgehead atoms. The second-order valence-electron chi connectivity index (χ2n) is 6.04. The number of nitrogens with zero attached hydrogens (tertiary/aromatic N) is 2. The molecule has 22 heavy (non-hydrogen) atoms. The maximum Gasteiger partial charge on any atom is 0.266 e. The summed E-state index contributed by atoms with van der Waals surface area (Å²) in [4.78, 5) is 14.9. The van der Waals surface area contributed by atoms with Gasteiger partial charge >= 0.3 is 0 Å². The number of nitrogens with one attached hydrogen (secondary N) is 1. The van der Waals surface area contributed by atoms with E-state index in [1.165, 1.54) is 10.8 Å². The molecule has 1 amide bonds. The Balaban J connectivity index is 1.59. The third-order valence-electron chi connectivity index (χ3n) is 4.53. The molecule has 1 saturated heterocycles. The highest BCUT2D eigenvalue weighted by atomic mass is 16.2. The minimum atomic E-state index is -0.00625. The van der Waals surface area contributed by atoms with Crippen molar-refractivity contribution in [1.82, 2.24) is 15.3 Å². The van der Waals surface area contributed by atoms with Crippen molar-refractivity contribution in [2.45, 2.75) is 0 Å². The van der Waals surface area contributed by atoms with Crippen LogP contribution < -0.4 is 5.43 Å². The molecule has 4 heteroatoms. The first-order chi connectivity index (χ1) is 10.7.